The number of halogens is 1. The van der Waals surface area contributed by atoms with Crippen molar-refractivity contribution in [3.8, 4) is 0 Å². The van der Waals surface area contributed by atoms with Crippen LogP contribution >= 0.6 is 11.6 Å². The fourth-order valence-electron chi connectivity index (χ4n) is 1.51. The van der Waals surface area contributed by atoms with E-state index in [1.807, 2.05) is 6.92 Å². The summed E-state index contributed by atoms with van der Waals surface area (Å²) in [5.74, 6) is -0.126. The van der Waals surface area contributed by atoms with Gasteiger partial charge in [0.25, 0.3) is 5.91 Å². The third kappa shape index (κ3) is 2.75. The Hall–Kier alpha value is -2.14. The topological polar surface area (TPSA) is 80.9 Å². The van der Waals surface area contributed by atoms with Crippen LogP contribution in [0.3, 0.4) is 0 Å². The van der Waals surface area contributed by atoms with Crippen LogP contribution in [-0.4, -0.2) is 15.9 Å². The maximum atomic E-state index is 12.0. The summed E-state index contributed by atoms with van der Waals surface area (Å²) < 4.78 is 0. The van der Waals surface area contributed by atoms with Gasteiger partial charge in [-0.2, -0.15) is 0 Å². The zero-order valence-corrected chi connectivity index (χ0v) is 10.4. The molecule has 18 heavy (non-hydrogen) atoms. The van der Waals surface area contributed by atoms with E-state index in [-0.39, 0.29) is 17.0 Å². The van der Waals surface area contributed by atoms with Crippen LogP contribution in [0.15, 0.2) is 30.5 Å². The van der Waals surface area contributed by atoms with Crippen molar-refractivity contribution < 1.29 is 4.79 Å². The Morgan fingerprint density at radius 2 is 2.17 bits per heavy atom. The van der Waals surface area contributed by atoms with Gasteiger partial charge in [-0.3, -0.25) is 10.1 Å². The van der Waals surface area contributed by atoms with Crippen LogP contribution in [0.4, 0.5) is 11.6 Å². The molecule has 1 amide bonds. The SMILES string of the molecule is Cc1cc(N)ccc1C(=O)Nc1nccc(Cl)n1. The van der Waals surface area contributed by atoms with E-state index in [4.69, 9.17) is 17.3 Å². The van der Waals surface area contributed by atoms with Crippen LogP contribution < -0.4 is 11.1 Å². The quantitative estimate of drug-likeness (QED) is 0.643. The Bertz CT molecular complexity index is 600. The van der Waals surface area contributed by atoms with Gasteiger partial charge in [0.2, 0.25) is 5.95 Å². The lowest BCUT2D eigenvalue weighted by molar-refractivity contribution is 0.102. The van der Waals surface area contributed by atoms with Crippen molar-refractivity contribution in [2.24, 2.45) is 0 Å². The Balaban J connectivity index is 2.22. The highest BCUT2D eigenvalue weighted by Crippen LogP contribution is 2.14. The first kappa shape index (κ1) is 12.3. The molecule has 5 nitrogen and oxygen atoms in total. The molecule has 1 aromatic carbocycles. The summed E-state index contributed by atoms with van der Waals surface area (Å²) in [6.45, 7) is 1.81. The van der Waals surface area contributed by atoms with Crippen LogP contribution in [0.2, 0.25) is 5.15 Å². The first-order valence-corrected chi connectivity index (χ1v) is 5.60. The molecule has 0 bridgehead atoms. The standard InChI is InChI=1S/C12H11ClN4O/c1-7-6-8(14)2-3-9(7)11(18)17-12-15-5-4-10(13)16-12/h2-6H,14H2,1H3,(H,15,16,17,18). The van der Waals surface area contributed by atoms with Gasteiger partial charge in [0.15, 0.2) is 0 Å². The molecular weight excluding hydrogens is 252 g/mol. The normalized spacial score (nSPS) is 10.1. The molecule has 0 aliphatic heterocycles. The van der Waals surface area contributed by atoms with Gasteiger partial charge in [-0.15, -0.1) is 0 Å². The lowest BCUT2D eigenvalue weighted by Gasteiger charge is -2.07. The minimum atomic E-state index is -0.297. The van der Waals surface area contributed by atoms with E-state index < -0.39 is 0 Å². The number of aryl methyl sites for hydroxylation is 1. The fourth-order valence-corrected chi connectivity index (χ4v) is 1.64. The summed E-state index contributed by atoms with van der Waals surface area (Å²) in [5.41, 5.74) is 7.55. The molecule has 0 aliphatic carbocycles. The van der Waals surface area contributed by atoms with E-state index in [0.717, 1.165) is 5.56 Å². The number of nitrogens with one attached hydrogen (secondary N) is 1. The van der Waals surface area contributed by atoms with Crippen molar-refractivity contribution in [1.29, 1.82) is 0 Å². The number of aromatic nitrogens is 2. The third-order valence-corrected chi connectivity index (χ3v) is 2.55. The number of nitrogens with two attached hydrogens (primary N) is 1. The molecule has 0 unspecified atom stereocenters. The highest BCUT2D eigenvalue weighted by molar-refractivity contribution is 6.29. The van der Waals surface area contributed by atoms with Gasteiger partial charge in [-0.25, -0.2) is 9.97 Å². The highest BCUT2D eigenvalue weighted by atomic mass is 35.5. The van der Waals surface area contributed by atoms with Crippen molar-refractivity contribution in [2.75, 3.05) is 11.1 Å². The summed E-state index contributed by atoms with van der Waals surface area (Å²) in [4.78, 5) is 19.8. The number of rotatable bonds is 2. The van der Waals surface area contributed by atoms with Crippen molar-refractivity contribution in [3.63, 3.8) is 0 Å². The van der Waals surface area contributed by atoms with Gasteiger partial charge in [0.1, 0.15) is 5.15 Å². The van der Waals surface area contributed by atoms with E-state index in [2.05, 4.69) is 15.3 Å². The summed E-state index contributed by atoms with van der Waals surface area (Å²) in [7, 11) is 0. The number of amides is 1. The molecule has 0 atom stereocenters. The Kier molecular flexibility index (Phi) is 3.43. The molecular formula is C12H11ClN4O. The van der Waals surface area contributed by atoms with Crippen molar-refractivity contribution in [2.45, 2.75) is 6.92 Å². The smallest absolute Gasteiger partial charge is 0.258 e. The average molecular weight is 263 g/mol. The molecule has 0 spiro atoms. The first-order chi connectivity index (χ1) is 8.56. The number of hydrogen-bond donors (Lipinski definition) is 2. The van der Waals surface area contributed by atoms with Crippen LogP contribution in [0.1, 0.15) is 15.9 Å². The number of carbonyl (C=O) groups excluding carboxylic acids is 1. The summed E-state index contributed by atoms with van der Waals surface area (Å²) in [6, 6.07) is 6.59. The second-order valence-corrected chi connectivity index (χ2v) is 4.12. The molecule has 92 valence electrons. The monoisotopic (exact) mass is 262 g/mol. The molecule has 0 radical (unpaired) electrons. The number of nitrogens with zero attached hydrogens (tertiary/aromatic N) is 2. The number of benzene rings is 1. The molecule has 2 aromatic rings. The summed E-state index contributed by atoms with van der Waals surface area (Å²) in [6.07, 6.45) is 1.47. The van der Waals surface area contributed by atoms with Crippen molar-refractivity contribution in [3.05, 3.63) is 46.7 Å². The molecule has 0 saturated heterocycles. The molecule has 1 heterocycles. The maximum Gasteiger partial charge on any atom is 0.258 e. The largest absolute Gasteiger partial charge is 0.399 e. The van der Waals surface area contributed by atoms with Gasteiger partial charge >= 0.3 is 0 Å². The first-order valence-electron chi connectivity index (χ1n) is 5.22. The summed E-state index contributed by atoms with van der Waals surface area (Å²) in [5, 5.41) is 2.85. The molecule has 0 aliphatic rings. The molecule has 0 saturated carbocycles. The second kappa shape index (κ2) is 5.01. The fraction of sp³-hybridized carbons (Fsp3) is 0.0833. The Morgan fingerprint density at radius 3 is 2.83 bits per heavy atom. The third-order valence-electron chi connectivity index (χ3n) is 2.34. The molecule has 2 rings (SSSR count). The van der Waals surface area contributed by atoms with Gasteiger partial charge in [0.05, 0.1) is 0 Å². The minimum Gasteiger partial charge on any atom is -0.399 e. The Morgan fingerprint density at radius 1 is 1.39 bits per heavy atom. The number of nitrogen functional groups attached to an aromatic ring is 1. The van der Waals surface area contributed by atoms with Gasteiger partial charge in [0, 0.05) is 17.4 Å². The molecule has 1 aromatic heterocycles. The minimum absolute atomic E-state index is 0.170. The zero-order valence-electron chi connectivity index (χ0n) is 9.64. The van der Waals surface area contributed by atoms with Crippen LogP contribution in [0.5, 0.6) is 0 Å². The van der Waals surface area contributed by atoms with E-state index in [1.54, 1.807) is 18.2 Å². The molecule has 6 heteroatoms. The van der Waals surface area contributed by atoms with Gasteiger partial charge in [-0.05, 0) is 36.8 Å². The van der Waals surface area contributed by atoms with E-state index in [0.29, 0.717) is 11.3 Å². The van der Waals surface area contributed by atoms with Crippen molar-refractivity contribution in [1.82, 2.24) is 9.97 Å². The number of hydrogen-bond acceptors (Lipinski definition) is 4. The molecule has 3 N–H and O–H groups in total. The maximum absolute atomic E-state index is 12.0. The summed E-state index contributed by atoms with van der Waals surface area (Å²) >= 11 is 5.71. The van der Waals surface area contributed by atoms with Crippen LogP contribution in [0.25, 0.3) is 0 Å². The average Bonchev–Trinajstić information content (AvgIpc) is 2.28. The van der Waals surface area contributed by atoms with E-state index in [9.17, 15) is 4.79 Å². The van der Waals surface area contributed by atoms with Gasteiger partial charge in [-0.1, -0.05) is 11.6 Å². The van der Waals surface area contributed by atoms with Crippen LogP contribution in [-0.2, 0) is 0 Å². The lowest BCUT2D eigenvalue weighted by Crippen LogP contribution is -2.15. The van der Waals surface area contributed by atoms with Crippen LogP contribution in [0, 0.1) is 6.92 Å². The zero-order chi connectivity index (χ0) is 13.1. The Labute approximate surface area is 109 Å². The van der Waals surface area contributed by atoms with E-state index in [1.165, 1.54) is 12.3 Å². The second-order valence-electron chi connectivity index (χ2n) is 3.73. The number of anilines is 2. The highest BCUT2D eigenvalue weighted by Gasteiger charge is 2.10. The number of carbonyl (C=O) groups is 1. The van der Waals surface area contributed by atoms with E-state index >= 15 is 0 Å². The lowest BCUT2D eigenvalue weighted by atomic mass is 10.1. The predicted octanol–water partition coefficient (Wildman–Crippen LogP) is 2.27. The molecule has 0 fully saturated rings. The predicted molar refractivity (Wildman–Crippen MR) is 70.6 cm³/mol. The van der Waals surface area contributed by atoms with Gasteiger partial charge < -0.3 is 5.73 Å². The van der Waals surface area contributed by atoms with Crippen molar-refractivity contribution >= 4 is 29.1 Å².